The molecule has 1 atom stereocenters. The summed E-state index contributed by atoms with van der Waals surface area (Å²) in [7, 11) is 0. The molecule has 1 aromatic rings. The summed E-state index contributed by atoms with van der Waals surface area (Å²) >= 11 is 0. The molecule has 202 valence electrons. The van der Waals surface area contributed by atoms with Crippen LogP contribution in [-0.2, 0) is 16.1 Å². The molecule has 10 heteroatoms. The lowest BCUT2D eigenvalue weighted by molar-refractivity contribution is -0.137. The fourth-order valence-electron chi connectivity index (χ4n) is 6.41. The third kappa shape index (κ3) is 5.78. The molecule has 3 N–H and O–H groups in total. The van der Waals surface area contributed by atoms with E-state index in [0.29, 0.717) is 24.4 Å². The van der Waals surface area contributed by atoms with Crippen LogP contribution in [0.5, 0.6) is 0 Å². The molecule has 0 spiro atoms. The van der Waals surface area contributed by atoms with Crippen LogP contribution in [0.3, 0.4) is 0 Å². The minimum atomic E-state index is -4.15. The van der Waals surface area contributed by atoms with Crippen molar-refractivity contribution in [1.82, 2.24) is 15.5 Å². The molecule has 2 aliphatic heterocycles. The quantitative estimate of drug-likeness (QED) is 0.446. The van der Waals surface area contributed by atoms with Gasteiger partial charge in [0.1, 0.15) is 6.04 Å². The van der Waals surface area contributed by atoms with Crippen LogP contribution in [0.2, 0.25) is 0 Å². The topological polar surface area (TPSA) is 90.5 Å². The number of imide groups is 1. The van der Waals surface area contributed by atoms with E-state index in [9.17, 15) is 27.6 Å². The van der Waals surface area contributed by atoms with E-state index in [1.54, 1.807) is 11.0 Å². The Labute approximate surface area is 214 Å². The number of halogens is 3. The van der Waals surface area contributed by atoms with Crippen LogP contribution in [0.4, 0.5) is 18.9 Å². The van der Waals surface area contributed by atoms with Crippen molar-refractivity contribution in [3.05, 3.63) is 29.3 Å². The minimum absolute atomic E-state index is 0.0539. The Morgan fingerprint density at radius 2 is 1.81 bits per heavy atom. The number of alkyl halides is 3. The highest BCUT2D eigenvalue weighted by atomic mass is 19.4. The lowest BCUT2D eigenvalue weighted by Crippen LogP contribution is -2.52. The first-order valence-corrected chi connectivity index (χ1v) is 13.5. The van der Waals surface area contributed by atoms with Gasteiger partial charge in [-0.15, -0.1) is 0 Å². The molecule has 5 rings (SSSR count). The van der Waals surface area contributed by atoms with Crippen LogP contribution in [0.15, 0.2) is 18.2 Å². The van der Waals surface area contributed by atoms with Gasteiger partial charge in [0.25, 0.3) is 5.91 Å². The van der Waals surface area contributed by atoms with Gasteiger partial charge in [0.2, 0.25) is 11.8 Å². The van der Waals surface area contributed by atoms with Crippen molar-refractivity contribution >= 4 is 23.4 Å². The molecule has 0 bridgehead atoms. The van der Waals surface area contributed by atoms with Gasteiger partial charge in [-0.2, -0.15) is 13.2 Å². The van der Waals surface area contributed by atoms with Crippen molar-refractivity contribution < 1.29 is 27.6 Å². The van der Waals surface area contributed by atoms with Crippen LogP contribution in [0.1, 0.15) is 86.6 Å². The molecule has 4 aliphatic rings. The molecular weight excluding hydrogens is 485 g/mol. The number of nitrogens with one attached hydrogen (secondary N) is 3. The Balaban J connectivity index is 1.29. The molecule has 1 saturated heterocycles. The van der Waals surface area contributed by atoms with Crippen molar-refractivity contribution in [3.8, 4) is 0 Å². The summed E-state index contributed by atoms with van der Waals surface area (Å²) < 4.78 is 37.7. The monoisotopic (exact) mass is 520 g/mol. The average Bonchev–Trinajstić information content (AvgIpc) is 3.14. The zero-order chi connectivity index (χ0) is 26.2. The summed E-state index contributed by atoms with van der Waals surface area (Å²) in [6.45, 7) is 0.256. The molecule has 7 nitrogen and oxygen atoms in total. The van der Waals surface area contributed by atoms with Crippen LogP contribution in [-0.4, -0.2) is 53.0 Å². The Morgan fingerprint density at radius 1 is 1.05 bits per heavy atom. The number of anilines is 1. The Bertz CT molecular complexity index is 1050. The largest absolute Gasteiger partial charge is 0.390 e. The van der Waals surface area contributed by atoms with Gasteiger partial charge in [-0.3, -0.25) is 19.7 Å². The van der Waals surface area contributed by atoms with Crippen LogP contribution >= 0.6 is 0 Å². The van der Waals surface area contributed by atoms with Gasteiger partial charge in [-0.25, -0.2) is 0 Å². The first-order chi connectivity index (χ1) is 17.6. The van der Waals surface area contributed by atoms with E-state index in [0.717, 1.165) is 43.4 Å². The second kappa shape index (κ2) is 10.3. The van der Waals surface area contributed by atoms with Crippen molar-refractivity contribution in [1.29, 1.82) is 0 Å². The van der Waals surface area contributed by atoms with E-state index in [1.165, 1.54) is 19.3 Å². The Kier molecular flexibility index (Phi) is 7.22. The Hall–Kier alpha value is -2.62. The smallest absolute Gasteiger partial charge is 0.379 e. The summed E-state index contributed by atoms with van der Waals surface area (Å²) in [6.07, 6.45) is 3.51. The second-order valence-electron chi connectivity index (χ2n) is 11.2. The number of nitrogens with zero attached hydrogens (tertiary/aromatic N) is 1. The summed E-state index contributed by atoms with van der Waals surface area (Å²) in [5.74, 6) is -0.293. The highest BCUT2D eigenvalue weighted by Gasteiger charge is 2.42. The van der Waals surface area contributed by atoms with E-state index < -0.39 is 24.5 Å². The standard InChI is InChI=1S/C27H35F3N4O3/c28-27(29,30)13-14-31-18-9-11-26(12-10-18,15-17-3-1-4-17)33-21-6-2-5-19-20(21)16-34(25(19)37)22-7-8-23(35)32-24(22)36/h2,5-6,17-18,22,31,33H,1,3-4,7-16H2,(H,32,35,36). The van der Waals surface area contributed by atoms with Gasteiger partial charge < -0.3 is 15.5 Å². The molecule has 2 saturated carbocycles. The van der Waals surface area contributed by atoms with Crippen molar-refractivity contribution in [3.63, 3.8) is 0 Å². The van der Waals surface area contributed by atoms with E-state index in [2.05, 4.69) is 16.0 Å². The fraction of sp³-hybridized carbons (Fsp3) is 0.667. The average molecular weight is 521 g/mol. The maximum absolute atomic E-state index is 13.2. The second-order valence-corrected chi connectivity index (χ2v) is 11.2. The van der Waals surface area contributed by atoms with Crippen molar-refractivity contribution in [2.24, 2.45) is 5.92 Å². The SMILES string of the molecule is O=C1CCC(N2Cc3c(NC4(CC5CCC5)CCC(NCCC(F)(F)F)CC4)cccc3C2=O)C(=O)N1. The van der Waals surface area contributed by atoms with Gasteiger partial charge in [-0.05, 0) is 56.6 Å². The van der Waals surface area contributed by atoms with Crippen LogP contribution in [0.25, 0.3) is 0 Å². The molecule has 0 radical (unpaired) electrons. The lowest BCUT2D eigenvalue weighted by atomic mass is 9.69. The molecular formula is C27H35F3N4O3. The molecule has 0 aromatic heterocycles. The molecule has 1 unspecified atom stereocenters. The predicted molar refractivity (Wildman–Crippen MR) is 132 cm³/mol. The summed E-state index contributed by atoms with van der Waals surface area (Å²) in [5.41, 5.74) is 2.17. The molecule has 1 aromatic carbocycles. The fourth-order valence-corrected chi connectivity index (χ4v) is 6.41. The number of hydrogen-bond acceptors (Lipinski definition) is 5. The van der Waals surface area contributed by atoms with Crippen molar-refractivity contribution in [2.45, 2.75) is 101 Å². The van der Waals surface area contributed by atoms with E-state index >= 15 is 0 Å². The van der Waals surface area contributed by atoms with Gasteiger partial charge in [-0.1, -0.05) is 25.3 Å². The molecule has 2 aliphatic carbocycles. The number of fused-ring (bicyclic) bond motifs is 1. The number of piperidine rings is 1. The summed E-state index contributed by atoms with van der Waals surface area (Å²) in [5, 5.41) is 9.26. The van der Waals surface area contributed by atoms with E-state index in [-0.39, 0.29) is 36.4 Å². The van der Waals surface area contributed by atoms with E-state index in [4.69, 9.17) is 0 Å². The first-order valence-electron chi connectivity index (χ1n) is 13.5. The lowest BCUT2D eigenvalue weighted by Gasteiger charge is -2.46. The van der Waals surface area contributed by atoms with Gasteiger partial charge in [0.05, 0.1) is 6.42 Å². The number of carbonyl (C=O) groups is 3. The Morgan fingerprint density at radius 3 is 2.46 bits per heavy atom. The van der Waals surface area contributed by atoms with Gasteiger partial charge >= 0.3 is 6.18 Å². The normalized spacial score (nSPS) is 28.6. The number of carbonyl (C=O) groups excluding carboxylic acids is 3. The molecule has 3 fully saturated rings. The highest BCUT2D eigenvalue weighted by molar-refractivity contribution is 6.06. The van der Waals surface area contributed by atoms with Crippen LogP contribution < -0.4 is 16.0 Å². The first kappa shape index (κ1) is 26.0. The summed E-state index contributed by atoms with van der Waals surface area (Å²) in [4.78, 5) is 38.8. The van der Waals surface area contributed by atoms with Gasteiger partial charge in [0.15, 0.2) is 0 Å². The number of benzene rings is 1. The van der Waals surface area contributed by atoms with Gasteiger partial charge in [0, 0.05) is 47.9 Å². The number of rotatable bonds is 8. The van der Waals surface area contributed by atoms with Crippen molar-refractivity contribution in [2.75, 3.05) is 11.9 Å². The third-order valence-electron chi connectivity index (χ3n) is 8.67. The van der Waals surface area contributed by atoms with Crippen LogP contribution in [0, 0.1) is 5.92 Å². The molecule has 37 heavy (non-hydrogen) atoms. The maximum atomic E-state index is 13.2. The maximum Gasteiger partial charge on any atom is 0.390 e. The highest BCUT2D eigenvalue weighted by Crippen LogP contribution is 2.44. The number of hydrogen-bond donors (Lipinski definition) is 3. The zero-order valence-electron chi connectivity index (χ0n) is 21.0. The molecule has 3 amide bonds. The zero-order valence-corrected chi connectivity index (χ0v) is 21.0. The predicted octanol–water partition coefficient (Wildman–Crippen LogP) is 4.27. The molecule has 2 heterocycles. The third-order valence-corrected chi connectivity index (χ3v) is 8.67. The van der Waals surface area contributed by atoms with E-state index in [1.807, 2.05) is 12.1 Å². The number of amides is 3. The minimum Gasteiger partial charge on any atom is -0.379 e. The summed E-state index contributed by atoms with van der Waals surface area (Å²) in [6, 6.07) is 5.04.